The minimum atomic E-state index is -0.780. The van der Waals surface area contributed by atoms with Gasteiger partial charge in [0.2, 0.25) is 0 Å². The quantitative estimate of drug-likeness (QED) is 0.0261. The maximum Gasteiger partial charge on any atom is 0.306 e. The second kappa shape index (κ2) is 65.9. The van der Waals surface area contributed by atoms with Gasteiger partial charge in [-0.2, -0.15) is 0 Å². The van der Waals surface area contributed by atoms with Crippen LogP contribution in [0.5, 0.6) is 0 Å². The molecule has 0 aliphatic heterocycles. The normalized spacial score (nSPS) is 12.3. The van der Waals surface area contributed by atoms with Crippen LogP contribution in [0.3, 0.4) is 0 Å². The summed E-state index contributed by atoms with van der Waals surface area (Å²) in [5.74, 6) is -0.867. The molecule has 6 heteroatoms. The van der Waals surface area contributed by atoms with Crippen molar-refractivity contribution in [3.63, 3.8) is 0 Å². The summed E-state index contributed by atoms with van der Waals surface area (Å²) in [7, 11) is 0. The highest BCUT2D eigenvalue weighted by atomic mass is 16.6. The Labute approximate surface area is 479 Å². The van der Waals surface area contributed by atoms with Gasteiger partial charge in [0.1, 0.15) is 13.2 Å². The molecule has 0 saturated heterocycles. The molecule has 0 aromatic rings. The zero-order valence-electron chi connectivity index (χ0n) is 51.7. The average Bonchev–Trinajstić information content (AvgIpc) is 3.43. The van der Waals surface area contributed by atoms with Gasteiger partial charge in [0, 0.05) is 19.3 Å². The molecule has 0 rings (SSSR count). The van der Waals surface area contributed by atoms with Gasteiger partial charge in [0.25, 0.3) is 0 Å². The first-order valence-electron chi connectivity index (χ1n) is 34.1. The second-order valence-corrected chi connectivity index (χ2v) is 23.1. The Morgan fingerprint density at radius 2 is 0.468 bits per heavy atom. The second-order valence-electron chi connectivity index (χ2n) is 23.1. The third kappa shape index (κ3) is 64.1. The van der Waals surface area contributed by atoms with Crippen molar-refractivity contribution in [3.8, 4) is 0 Å². The highest BCUT2D eigenvalue weighted by Gasteiger charge is 2.19. The van der Waals surface area contributed by atoms with Crippen LogP contribution in [0.4, 0.5) is 0 Å². The van der Waals surface area contributed by atoms with Crippen molar-refractivity contribution in [2.24, 2.45) is 0 Å². The lowest BCUT2D eigenvalue weighted by molar-refractivity contribution is -0.167. The number of ether oxygens (including phenoxy) is 3. The summed E-state index contributed by atoms with van der Waals surface area (Å²) in [6.07, 6.45) is 82.7. The van der Waals surface area contributed by atoms with Crippen molar-refractivity contribution in [3.05, 3.63) is 48.6 Å². The van der Waals surface area contributed by atoms with Crippen LogP contribution in [-0.2, 0) is 28.6 Å². The fraction of sp³-hybridized carbons (Fsp3) is 0.845. The molecular formula is C71H130O6. The van der Waals surface area contributed by atoms with Crippen LogP contribution in [0.2, 0.25) is 0 Å². The zero-order valence-corrected chi connectivity index (χ0v) is 51.7. The monoisotopic (exact) mass is 1080 g/mol. The van der Waals surface area contributed by atoms with E-state index in [0.29, 0.717) is 19.3 Å². The van der Waals surface area contributed by atoms with Gasteiger partial charge in [0.15, 0.2) is 6.10 Å². The van der Waals surface area contributed by atoms with E-state index in [2.05, 4.69) is 69.4 Å². The number of hydrogen-bond donors (Lipinski definition) is 0. The molecule has 0 amide bonds. The lowest BCUT2D eigenvalue weighted by Crippen LogP contribution is -2.30. The van der Waals surface area contributed by atoms with Gasteiger partial charge < -0.3 is 14.2 Å². The lowest BCUT2D eigenvalue weighted by atomic mass is 10.0. The molecular weight excluding hydrogens is 949 g/mol. The van der Waals surface area contributed by atoms with Gasteiger partial charge >= 0.3 is 17.9 Å². The Bertz CT molecular complexity index is 1330. The Kier molecular flexibility index (Phi) is 63.6. The van der Waals surface area contributed by atoms with Gasteiger partial charge in [-0.25, -0.2) is 0 Å². The lowest BCUT2D eigenvalue weighted by Gasteiger charge is -2.18. The highest BCUT2D eigenvalue weighted by Crippen LogP contribution is 2.18. The molecule has 77 heavy (non-hydrogen) atoms. The molecule has 0 aromatic heterocycles. The molecule has 0 heterocycles. The van der Waals surface area contributed by atoms with Crippen molar-refractivity contribution in [2.75, 3.05) is 13.2 Å². The fourth-order valence-corrected chi connectivity index (χ4v) is 10.2. The molecule has 0 N–H and O–H groups in total. The molecule has 0 bridgehead atoms. The fourth-order valence-electron chi connectivity index (χ4n) is 10.2. The van der Waals surface area contributed by atoms with E-state index in [1.807, 2.05) is 0 Å². The van der Waals surface area contributed by atoms with Crippen LogP contribution in [-0.4, -0.2) is 37.2 Å². The van der Waals surface area contributed by atoms with Crippen LogP contribution >= 0.6 is 0 Å². The van der Waals surface area contributed by atoms with Crippen molar-refractivity contribution in [2.45, 2.75) is 374 Å². The van der Waals surface area contributed by atoms with E-state index < -0.39 is 6.10 Å². The molecule has 1 atom stereocenters. The summed E-state index contributed by atoms with van der Waals surface area (Å²) in [5.41, 5.74) is 0. The Hall–Kier alpha value is -2.63. The first-order valence-corrected chi connectivity index (χ1v) is 34.1. The molecule has 450 valence electrons. The third-order valence-corrected chi connectivity index (χ3v) is 15.3. The van der Waals surface area contributed by atoms with Crippen molar-refractivity contribution < 1.29 is 28.6 Å². The van der Waals surface area contributed by atoms with Gasteiger partial charge in [0.05, 0.1) is 0 Å². The maximum atomic E-state index is 12.9. The SMILES string of the molecule is CCCCC/C=C\C/C=C\CCCCCCCCCC(=O)OCC(COC(=O)CCCCCCCCCCCCCCCCCCCCCCCCCCC)OC(=O)CCCCCCCCC/C=C\C/C=C\CCCCC. The highest BCUT2D eigenvalue weighted by molar-refractivity contribution is 5.71. The van der Waals surface area contributed by atoms with E-state index in [-0.39, 0.29) is 31.1 Å². The summed E-state index contributed by atoms with van der Waals surface area (Å²) in [5, 5.41) is 0. The molecule has 0 aliphatic rings. The van der Waals surface area contributed by atoms with E-state index in [9.17, 15) is 14.4 Å². The van der Waals surface area contributed by atoms with Gasteiger partial charge in [-0.3, -0.25) is 14.4 Å². The minimum Gasteiger partial charge on any atom is -0.462 e. The number of carbonyl (C=O) groups excluding carboxylic acids is 3. The summed E-state index contributed by atoms with van der Waals surface area (Å²) in [6.45, 7) is 6.64. The number of rotatable bonds is 63. The van der Waals surface area contributed by atoms with Gasteiger partial charge in [-0.1, -0.05) is 313 Å². The van der Waals surface area contributed by atoms with E-state index in [1.165, 1.54) is 244 Å². The van der Waals surface area contributed by atoms with E-state index in [1.54, 1.807) is 0 Å². The molecule has 1 unspecified atom stereocenters. The first kappa shape index (κ1) is 74.4. The van der Waals surface area contributed by atoms with Crippen molar-refractivity contribution in [1.82, 2.24) is 0 Å². The van der Waals surface area contributed by atoms with Crippen LogP contribution in [0.15, 0.2) is 48.6 Å². The van der Waals surface area contributed by atoms with Gasteiger partial charge in [-0.05, 0) is 83.5 Å². The predicted octanol–water partition coefficient (Wildman–Crippen LogP) is 23.3. The summed E-state index contributed by atoms with van der Waals surface area (Å²) in [4.78, 5) is 38.4. The van der Waals surface area contributed by atoms with Gasteiger partial charge in [-0.15, -0.1) is 0 Å². The number of esters is 3. The van der Waals surface area contributed by atoms with Crippen LogP contribution < -0.4 is 0 Å². The topological polar surface area (TPSA) is 78.9 Å². The Morgan fingerprint density at radius 1 is 0.260 bits per heavy atom. The molecule has 0 fully saturated rings. The number of allylic oxidation sites excluding steroid dienone is 8. The van der Waals surface area contributed by atoms with E-state index in [4.69, 9.17) is 14.2 Å². The van der Waals surface area contributed by atoms with Crippen molar-refractivity contribution >= 4 is 17.9 Å². The number of carbonyl (C=O) groups is 3. The summed E-state index contributed by atoms with van der Waals surface area (Å²) in [6, 6.07) is 0. The molecule has 0 spiro atoms. The zero-order chi connectivity index (χ0) is 55.7. The summed E-state index contributed by atoms with van der Waals surface area (Å²) >= 11 is 0. The minimum absolute atomic E-state index is 0.0752. The predicted molar refractivity (Wildman–Crippen MR) is 335 cm³/mol. The number of unbranched alkanes of at least 4 members (excludes halogenated alkanes) is 44. The number of hydrogen-bond acceptors (Lipinski definition) is 6. The molecule has 0 saturated carbocycles. The third-order valence-electron chi connectivity index (χ3n) is 15.3. The molecule has 0 radical (unpaired) electrons. The van der Waals surface area contributed by atoms with E-state index in [0.717, 1.165) is 83.5 Å². The smallest absolute Gasteiger partial charge is 0.306 e. The first-order chi connectivity index (χ1) is 38.0. The molecule has 0 aromatic carbocycles. The molecule has 6 nitrogen and oxygen atoms in total. The molecule has 0 aliphatic carbocycles. The average molecular weight is 1080 g/mol. The largest absolute Gasteiger partial charge is 0.462 e. The maximum absolute atomic E-state index is 12.9. The van der Waals surface area contributed by atoms with Crippen LogP contribution in [0, 0.1) is 0 Å². The van der Waals surface area contributed by atoms with Crippen LogP contribution in [0.1, 0.15) is 367 Å². The van der Waals surface area contributed by atoms with Crippen molar-refractivity contribution in [1.29, 1.82) is 0 Å². The van der Waals surface area contributed by atoms with Crippen LogP contribution in [0.25, 0.3) is 0 Å². The Balaban J connectivity index is 4.29. The van der Waals surface area contributed by atoms with E-state index >= 15 is 0 Å². The Morgan fingerprint density at radius 3 is 0.740 bits per heavy atom. The summed E-state index contributed by atoms with van der Waals surface area (Å²) < 4.78 is 17.0. The standard InChI is InChI=1S/C71H130O6/c1-4-7-10-13-16-19-22-25-28-31-32-33-34-35-36-37-38-41-43-46-49-52-55-58-61-64-70(73)76-67-68(77-71(74)65-62-59-56-53-50-47-44-40-30-27-24-21-18-15-12-9-6-3)66-75-69(72)63-60-57-54-51-48-45-42-39-29-26-23-20-17-14-11-8-5-2/h17-18,20-21,26-27,29-30,68H,4-16,19,22-25,28,31-67H2,1-3H3/b20-17-,21-18-,29-26-,30-27-.